The molecule has 3 aromatic rings. The molecule has 0 aliphatic carbocycles. The van der Waals surface area contributed by atoms with Gasteiger partial charge < -0.3 is 10.1 Å². The van der Waals surface area contributed by atoms with Crippen LogP contribution in [0.2, 0.25) is 0 Å². The van der Waals surface area contributed by atoms with Crippen LogP contribution in [0.3, 0.4) is 0 Å². The maximum atomic E-state index is 14.2. The Hall–Kier alpha value is -3.22. The van der Waals surface area contributed by atoms with Gasteiger partial charge in [0, 0.05) is 5.69 Å². The SMILES string of the molecule is CC(C)c1cccc(OCC(=O)Nc2ccc(-n3cncn3)c(F)c2)c1. The third-order valence-corrected chi connectivity index (χ3v) is 3.79. The van der Waals surface area contributed by atoms with Gasteiger partial charge in [0.2, 0.25) is 0 Å². The second-order valence-corrected chi connectivity index (χ2v) is 6.07. The number of carbonyl (C=O) groups is 1. The Bertz CT molecular complexity index is 894. The monoisotopic (exact) mass is 354 g/mol. The van der Waals surface area contributed by atoms with Gasteiger partial charge in [-0.2, -0.15) is 5.10 Å². The largest absolute Gasteiger partial charge is 0.484 e. The van der Waals surface area contributed by atoms with Crippen LogP contribution in [0.15, 0.2) is 55.1 Å². The van der Waals surface area contributed by atoms with E-state index in [9.17, 15) is 9.18 Å². The van der Waals surface area contributed by atoms with E-state index >= 15 is 0 Å². The number of ether oxygens (including phenoxy) is 1. The lowest BCUT2D eigenvalue weighted by Crippen LogP contribution is -2.20. The molecule has 2 aromatic carbocycles. The second-order valence-electron chi connectivity index (χ2n) is 6.07. The quantitative estimate of drug-likeness (QED) is 0.735. The van der Waals surface area contributed by atoms with E-state index in [-0.39, 0.29) is 18.2 Å². The highest BCUT2D eigenvalue weighted by Crippen LogP contribution is 2.20. The number of aromatic nitrogens is 3. The topological polar surface area (TPSA) is 69.0 Å². The van der Waals surface area contributed by atoms with Crippen molar-refractivity contribution in [1.82, 2.24) is 14.8 Å². The van der Waals surface area contributed by atoms with Gasteiger partial charge in [0.05, 0.1) is 0 Å². The molecule has 1 heterocycles. The minimum absolute atomic E-state index is 0.159. The van der Waals surface area contributed by atoms with Crippen LogP contribution in [0.1, 0.15) is 25.3 Å². The predicted molar refractivity (Wildman–Crippen MR) is 96.0 cm³/mol. The number of anilines is 1. The molecule has 3 rings (SSSR count). The van der Waals surface area contributed by atoms with Gasteiger partial charge in [-0.3, -0.25) is 4.79 Å². The van der Waals surface area contributed by atoms with Gasteiger partial charge in [0.15, 0.2) is 12.4 Å². The molecule has 0 unspecified atom stereocenters. The summed E-state index contributed by atoms with van der Waals surface area (Å²) >= 11 is 0. The van der Waals surface area contributed by atoms with Crippen LogP contribution in [0.25, 0.3) is 5.69 Å². The summed E-state index contributed by atoms with van der Waals surface area (Å²) in [6.07, 6.45) is 2.72. The smallest absolute Gasteiger partial charge is 0.262 e. The zero-order valence-corrected chi connectivity index (χ0v) is 14.5. The molecule has 0 saturated carbocycles. The molecule has 1 amide bonds. The van der Waals surface area contributed by atoms with E-state index < -0.39 is 5.82 Å². The van der Waals surface area contributed by atoms with Crippen molar-refractivity contribution in [3.8, 4) is 11.4 Å². The van der Waals surface area contributed by atoms with Crippen LogP contribution in [0.4, 0.5) is 10.1 Å². The molecule has 26 heavy (non-hydrogen) atoms. The molecule has 0 fully saturated rings. The fraction of sp³-hybridized carbons (Fsp3) is 0.211. The summed E-state index contributed by atoms with van der Waals surface area (Å²) < 4.78 is 21.0. The van der Waals surface area contributed by atoms with Crippen LogP contribution < -0.4 is 10.1 Å². The van der Waals surface area contributed by atoms with Gasteiger partial charge in [-0.15, -0.1) is 0 Å². The minimum atomic E-state index is -0.515. The molecular weight excluding hydrogens is 335 g/mol. The Morgan fingerprint density at radius 1 is 1.27 bits per heavy atom. The molecule has 0 bridgehead atoms. The molecule has 1 N–H and O–H groups in total. The van der Waals surface area contributed by atoms with Gasteiger partial charge in [-0.25, -0.2) is 14.1 Å². The third-order valence-electron chi connectivity index (χ3n) is 3.79. The van der Waals surface area contributed by atoms with Gasteiger partial charge in [0.1, 0.15) is 24.1 Å². The van der Waals surface area contributed by atoms with Gasteiger partial charge >= 0.3 is 0 Å². The Balaban J connectivity index is 1.60. The fourth-order valence-electron chi connectivity index (χ4n) is 2.41. The highest BCUT2D eigenvalue weighted by Gasteiger charge is 2.09. The van der Waals surface area contributed by atoms with Crippen molar-refractivity contribution in [3.05, 3.63) is 66.5 Å². The Morgan fingerprint density at radius 3 is 2.81 bits per heavy atom. The summed E-state index contributed by atoms with van der Waals surface area (Å²) in [7, 11) is 0. The number of rotatable bonds is 6. The lowest BCUT2D eigenvalue weighted by atomic mass is 10.0. The number of amides is 1. The summed E-state index contributed by atoms with van der Waals surface area (Å²) in [5, 5.41) is 6.49. The number of nitrogens with one attached hydrogen (secondary N) is 1. The molecule has 0 aliphatic heterocycles. The summed E-state index contributed by atoms with van der Waals surface area (Å²) in [6.45, 7) is 4.01. The van der Waals surface area contributed by atoms with Crippen LogP contribution >= 0.6 is 0 Å². The summed E-state index contributed by atoms with van der Waals surface area (Å²) in [5.74, 6) is 0.115. The maximum Gasteiger partial charge on any atom is 0.262 e. The molecule has 6 nitrogen and oxygen atoms in total. The molecule has 0 radical (unpaired) electrons. The number of hydrogen-bond acceptors (Lipinski definition) is 4. The first-order valence-electron chi connectivity index (χ1n) is 8.20. The van der Waals surface area contributed by atoms with Crippen LogP contribution in [0.5, 0.6) is 5.75 Å². The second kappa shape index (κ2) is 7.77. The van der Waals surface area contributed by atoms with Crippen molar-refractivity contribution in [2.45, 2.75) is 19.8 Å². The predicted octanol–water partition coefficient (Wildman–Crippen LogP) is 3.55. The zero-order chi connectivity index (χ0) is 18.5. The Labute approximate surface area is 150 Å². The highest BCUT2D eigenvalue weighted by atomic mass is 19.1. The highest BCUT2D eigenvalue weighted by molar-refractivity contribution is 5.92. The number of nitrogens with zero attached hydrogens (tertiary/aromatic N) is 3. The number of hydrogen-bond donors (Lipinski definition) is 1. The first-order valence-corrected chi connectivity index (χ1v) is 8.20. The third kappa shape index (κ3) is 4.24. The van der Waals surface area contributed by atoms with Crippen LogP contribution in [0, 0.1) is 5.82 Å². The molecule has 0 aliphatic rings. The normalized spacial score (nSPS) is 10.8. The van der Waals surface area contributed by atoms with Gasteiger partial charge in [0.25, 0.3) is 5.91 Å². The molecule has 0 atom stereocenters. The number of halogens is 1. The zero-order valence-electron chi connectivity index (χ0n) is 14.5. The average Bonchev–Trinajstić information content (AvgIpc) is 3.14. The lowest BCUT2D eigenvalue weighted by molar-refractivity contribution is -0.118. The van der Waals surface area contributed by atoms with E-state index in [0.29, 0.717) is 17.4 Å². The van der Waals surface area contributed by atoms with Crippen molar-refractivity contribution >= 4 is 11.6 Å². The van der Waals surface area contributed by atoms with Gasteiger partial charge in [-0.1, -0.05) is 26.0 Å². The van der Waals surface area contributed by atoms with Crippen molar-refractivity contribution < 1.29 is 13.9 Å². The van der Waals surface area contributed by atoms with E-state index in [1.165, 1.54) is 29.5 Å². The number of carbonyl (C=O) groups excluding carboxylic acids is 1. The minimum Gasteiger partial charge on any atom is -0.484 e. The molecule has 0 spiro atoms. The van der Waals surface area contributed by atoms with Crippen LogP contribution in [-0.2, 0) is 4.79 Å². The van der Waals surface area contributed by atoms with Crippen LogP contribution in [-0.4, -0.2) is 27.3 Å². The Morgan fingerprint density at radius 2 is 2.12 bits per heavy atom. The first kappa shape index (κ1) is 17.6. The summed E-state index contributed by atoms with van der Waals surface area (Å²) in [4.78, 5) is 15.8. The standard InChI is InChI=1S/C19H19FN4O2/c1-13(2)14-4-3-5-16(8-14)26-10-19(25)23-15-6-7-18(17(20)9-15)24-12-21-11-22-24/h3-9,11-13H,10H2,1-2H3,(H,23,25). The molecule has 0 saturated heterocycles. The van der Waals surface area contributed by atoms with E-state index in [0.717, 1.165) is 5.56 Å². The fourth-order valence-corrected chi connectivity index (χ4v) is 2.41. The Kier molecular flexibility index (Phi) is 5.26. The maximum absolute atomic E-state index is 14.2. The summed E-state index contributed by atoms with van der Waals surface area (Å²) in [5.41, 5.74) is 1.73. The molecular formula is C19H19FN4O2. The van der Waals surface area contributed by atoms with E-state index in [1.807, 2.05) is 18.2 Å². The average molecular weight is 354 g/mol. The number of benzene rings is 2. The van der Waals surface area contributed by atoms with E-state index in [1.54, 1.807) is 12.1 Å². The first-order chi connectivity index (χ1) is 12.5. The van der Waals surface area contributed by atoms with Crippen molar-refractivity contribution in [2.75, 3.05) is 11.9 Å². The molecule has 1 aromatic heterocycles. The summed E-state index contributed by atoms with van der Waals surface area (Å²) in [6, 6.07) is 12.0. The van der Waals surface area contributed by atoms with E-state index in [2.05, 4.69) is 29.2 Å². The van der Waals surface area contributed by atoms with E-state index in [4.69, 9.17) is 4.74 Å². The van der Waals surface area contributed by atoms with Gasteiger partial charge in [-0.05, 0) is 41.8 Å². The van der Waals surface area contributed by atoms with Crippen molar-refractivity contribution in [1.29, 1.82) is 0 Å². The molecule has 7 heteroatoms. The molecule has 134 valence electrons. The lowest BCUT2D eigenvalue weighted by Gasteiger charge is -2.11. The van der Waals surface area contributed by atoms with Crippen molar-refractivity contribution in [2.24, 2.45) is 0 Å². The van der Waals surface area contributed by atoms with Crippen molar-refractivity contribution in [3.63, 3.8) is 0 Å².